The number of aromatic nitrogens is 3. The standard InChI is InChI=1S/C23H25N3O/c1-14(2)19-10-17(6-9-23(19)27)22-12-24-16(4)26(22)18-7-8-21-20(11-18)15(3)13-25(21)5/h6-14,27H,1-5H3. The number of aryl methyl sites for hydroxylation is 3. The summed E-state index contributed by atoms with van der Waals surface area (Å²) in [4.78, 5) is 4.57. The molecule has 0 amide bonds. The van der Waals surface area contributed by atoms with Gasteiger partial charge in [-0.1, -0.05) is 13.8 Å². The van der Waals surface area contributed by atoms with Crippen LogP contribution >= 0.6 is 0 Å². The predicted octanol–water partition coefficient (Wildman–Crippen LogP) is 5.48. The highest BCUT2D eigenvalue weighted by Gasteiger charge is 2.15. The number of aromatic hydroxyl groups is 1. The van der Waals surface area contributed by atoms with E-state index < -0.39 is 0 Å². The molecule has 2 aromatic heterocycles. The van der Waals surface area contributed by atoms with Gasteiger partial charge in [0.05, 0.1) is 11.9 Å². The number of fused-ring (bicyclic) bond motifs is 1. The summed E-state index contributed by atoms with van der Waals surface area (Å²) >= 11 is 0. The molecule has 138 valence electrons. The van der Waals surface area contributed by atoms with E-state index in [9.17, 15) is 5.11 Å². The van der Waals surface area contributed by atoms with Gasteiger partial charge in [-0.2, -0.15) is 0 Å². The van der Waals surface area contributed by atoms with Crippen molar-refractivity contribution in [1.29, 1.82) is 0 Å². The van der Waals surface area contributed by atoms with E-state index in [1.165, 1.54) is 16.5 Å². The molecule has 0 aliphatic rings. The maximum Gasteiger partial charge on any atom is 0.119 e. The molecule has 0 fully saturated rings. The zero-order chi connectivity index (χ0) is 19.3. The van der Waals surface area contributed by atoms with Crippen molar-refractivity contribution in [2.45, 2.75) is 33.6 Å². The second-order valence-corrected chi connectivity index (χ2v) is 7.58. The third-order valence-electron chi connectivity index (χ3n) is 5.31. The Bertz CT molecular complexity index is 1150. The van der Waals surface area contributed by atoms with Gasteiger partial charge < -0.3 is 9.67 Å². The quantitative estimate of drug-likeness (QED) is 0.526. The van der Waals surface area contributed by atoms with Gasteiger partial charge in [-0.15, -0.1) is 0 Å². The molecule has 0 aliphatic heterocycles. The van der Waals surface area contributed by atoms with Crippen LogP contribution in [0.25, 0.3) is 27.8 Å². The minimum atomic E-state index is 0.255. The van der Waals surface area contributed by atoms with Crippen molar-refractivity contribution in [3.05, 3.63) is 65.7 Å². The van der Waals surface area contributed by atoms with Gasteiger partial charge >= 0.3 is 0 Å². The van der Waals surface area contributed by atoms with Gasteiger partial charge in [-0.05, 0) is 67.3 Å². The van der Waals surface area contributed by atoms with Crippen molar-refractivity contribution in [3.8, 4) is 22.7 Å². The van der Waals surface area contributed by atoms with Crippen LogP contribution in [-0.2, 0) is 7.05 Å². The molecule has 4 heteroatoms. The van der Waals surface area contributed by atoms with Gasteiger partial charge in [0, 0.05) is 35.4 Å². The molecule has 0 radical (unpaired) electrons. The van der Waals surface area contributed by atoms with Gasteiger partial charge in [-0.25, -0.2) is 4.98 Å². The first-order valence-electron chi connectivity index (χ1n) is 9.30. The Labute approximate surface area is 159 Å². The van der Waals surface area contributed by atoms with Crippen LogP contribution in [-0.4, -0.2) is 19.2 Å². The van der Waals surface area contributed by atoms with Crippen LogP contribution in [0.15, 0.2) is 48.8 Å². The summed E-state index contributed by atoms with van der Waals surface area (Å²) in [5, 5.41) is 11.4. The molecule has 4 aromatic rings. The van der Waals surface area contributed by atoms with Crippen molar-refractivity contribution in [2.24, 2.45) is 7.05 Å². The zero-order valence-electron chi connectivity index (χ0n) is 16.5. The molecule has 0 bridgehead atoms. The van der Waals surface area contributed by atoms with Crippen LogP contribution in [0.3, 0.4) is 0 Å². The molecule has 2 heterocycles. The van der Waals surface area contributed by atoms with E-state index in [0.717, 1.165) is 28.3 Å². The fraction of sp³-hybridized carbons (Fsp3) is 0.261. The van der Waals surface area contributed by atoms with Crippen LogP contribution < -0.4 is 0 Å². The van der Waals surface area contributed by atoms with Gasteiger partial charge in [-0.3, -0.25) is 4.57 Å². The van der Waals surface area contributed by atoms with Crippen LogP contribution in [0.4, 0.5) is 0 Å². The molecule has 0 saturated carbocycles. The topological polar surface area (TPSA) is 43.0 Å². The second-order valence-electron chi connectivity index (χ2n) is 7.58. The lowest BCUT2D eigenvalue weighted by Gasteiger charge is -2.14. The summed E-state index contributed by atoms with van der Waals surface area (Å²) in [6.07, 6.45) is 4.07. The Morgan fingerprint density at radius 3 is 2.56 bits per heavy atom. The van der Waals surface area contributed by atoms with Crippen LogP contribution in [0.5, 0.6) is 5.75 Å². The minimum Gasteiger partial charge on any atom is -0.508 e. The smallest absolute Gasteiger partial charge is 0.119 e. The molecular weight excluding hydrogens is 334 g/mol. The van der Waals surface area contributed by atoms with Crippen molar-refractivity contribution in [2.75, 3.05) is 0 Å². The van der Waals surface area contributed by atoms with E-state index in [0.29, 0.717) is 5.75 Å². The first kappa shape index (κ1) is 17.4. The van der Waals surface area contributed by atoms with E-state index in [1.54, 1.807) is 6.07 Å². The third kappa shape index (κ3) is 2.81. The highest BCUT2D eigenvalue weighted by Crippen LogP contribution is 2.33. The lowest BCUT2D eigenvalue weighted by molar-refractivity contribution is 0.465. The van der Waals surface area contributed by atoms with E-state index in [4.69, 9.17) is 0 Å². The summed E-state index contributed by atoms with van der Waals surface area (Å²) in [5.74, 6) is 1.54. The van der Waals surface area contributed by atoms with E-state index in [1.807, 2.05) is 19.2 Å². The summed E-state index contributed by atoms with van der Waals surface area (Å²) in [6.45, 7) is 8.35. The van der Waals surface area contributed by atoms with Gasteiger partial charge in [0.25, 0.3) is 0 Å². The third-order valence-corrected chi connectivity index (χ3v) is 5.31. The average Bonchev–Trinajstić information content (AvgIpc) is 3.15. The molecule has 0 atom stereocenters. The van der Waals surface area contributed by atoms with E-state index >= 15 is 0 Å². The second kappa shape index (κ2) is 6.31. The molecule has 2 aromatic carbocycles. The van der Waals surface area contributed by atoms with Crippen molar-refractivity contribution < 1.29 is 5.11 Å². The van der Waals surface area contributed by atoms with Crippen molar-refractivity contribution >= 4 is 10.9 Å². The number of rotatable bonds is 3. The van der Waals surface area contributed by atoms with Crippen molar-refractivity contribution in [3.63, 3.8) is 0 Å². The van der Waals surface area contributed by atoms with Gasteiger partial charge in [0.15, 0.2) is 0 Å². The molecule has 0 saturated heterocycles. The number of phenols is 1. The van der Waals surface area contributed by atoms with E-state index in [2.05, 4.69) is 72.4 Å². The Kier molecular flexibility index (Phi) is 4.06. The van der Waals surface area contributed by atoms with Crippen LogP contribution in [0, 0.1) is 13.8 Å². The lowest BCUT2D eigenvalue weighted by atomic mass is 9.98. The number of hydrogen-bond donors (Lipinski definition) is 1. The molecule has 4 rings (SSSR count). The monoisotopic (exact) mass is 359 g/mol. The average molecular weight is 359 g/mol. The Morgan fingerprint density at radius 2 is 1.81 bits per heavy atom. The molecule has 1 N–H and O–H groups in total. The van der Waals surface area contributed by atoms with Crippen LogP contribution in [0.2, 0.25) is 0 Å². The van der Waals surface area contributed by atoms with E-state index in [-0.39, 0.29) is 5.92 Å². The van der Waals surface area contributed by atoms with Gasteiger partial charge in [0.2, 0.25) is 0 Å². The van der Waals surface area contributed by atoms with Gasteiger partial charge in [0.1, 0.15) is 11.6 Å². The SMILES string of the molecule is Cc1cn(C)c2ccc(-n3c(-c4ccc(O)c(C(C)C)c4)cnc3C)cc12. The zero-order valence-corrected chi connectivity index (χ0v) is 16.5. The number of benzene rings is 2. The molecule has 0 unspecified atom stereocenters. The maximum absolute atomic E-state index is 10.2. The molecule has 0 aliphatic carbocycles. The van der Waals surface area contributed by atoms with Crippen LogP contribution in [0.1, 0.15) is 36.7 Å². The predicted molar refractivity (Wildman–Crippen MR) is 111 cm³/mol. The molecule has 0 spiro atoms. The summed E-state index contributed by atoms with van der Waals surface area (Å²) in [5.41, 5.74) is 6.63. The highest BCUT2D eigenvalue weighted by atomic mass is 16.3. The molecule has 4 nitrogen and oxygen atoms in total. The maximum atomic E-state index is 10.2. The Morgan fingerprint density at radius 1 is 1.04 bits per heavy atom. The number of hydrogen-bond acceptors (Lipinski definition) is 2. The largest absolute Gasteiger partial charge is 0.508 e. The number of nitrogens with zero attached hydrogens (tertiary/aromatic N) is 3. The summed E-state index contributed by atoms with van der Waals surface area (Å²) in [7, 11) is 2.08. The minimum absolute atomic E-state index is 0.255. The summed E-state index contributed by atoms with van der Waals surface area (Å²) < 4.78 is 4.34. The molecule has 27 heavy (non-hydrogen) atoms. The Balaban J connectivity index is 1.91. The fourth-order valence-electron chi connectivity index (χ4n) is 3.87. The number of imidazole rings is 1. The lowest BCUT2D eigenvalue weighted by Crippen LogP contribution is -2.00. The summed E-state index contributed by atoms with van der Waals surface area (Å²) in [6, 6.07) is 12.3. The fourth-order valence-corrected chi connectivity index (χ4v) is 3.87. The number of phenolic OH excluding ortho intramolecular Hbond substituents is 1. The first-order chi connectivity index (χ1) is 12.9. The Hall–Kier alpha value is -3.01. The normalized spacial score (nSPS) is 11.6. The first-order valence-corrected chi connectivity index (χ1v) is 9.30. The molecular formula is C23H25N3O. The van der Waals surface area contributed by atoms with Crippen molar-refractivity contribution in [1.82, 2.24) is 14.1 Å². The highest BCUT2D eigenvalue weighted by molar-refractivity contribution is 5.86.